The molecule has 2 aromatic carbocycles. The Morgan fingerprint density at radius 1 is 0.806 bits per heavy atom. The summed E-state index contributed by atoms with van der Waals surface area (Å²) in [5.74, 6) is 4.85. The molecule has 8 nitrogen and oxygen atoms in total. The van der Waals surface area contributed by atoms with E-state index >= 15 is 0 Å². The Morgan fingerprint density at radius 3 is 2.06 bits per heavy atom. The maximum absolute atomic E-state index is 13.3. The number of benzene rings is 2. The van der Waals surface area contributed by atoms with Gasteiger partial charge in [-0.05, 0) is 55.0 Å². The number of likely N-dealkylation sites (tertiary alicyclic amines) is 2. The Kier molecular flexibility index (Phi) is 7.39. The lowest BCUT2D eigenvalue weighted by Crippen LogP contribution is -2.44. The molecule has 36 heavy (non-hydrogen) atoms. The molecule has 2 heterocycles. The van der Waals surface area contributed by atoms with Crippen molar-refractivity contribution in [3.63, 3.8) is 0 Å². The summed E-state index contributed by atoms with van der Waals surface area (Å²) in [6.45, 7) is 5.29. The highest BCUT2D eigenvalue weighted by molar-refractivity contribution is 6.02. The fraction of sp³-hybridized carbons (Fsp3) is 0.357. The van der Waals surface area contributed by atoms with Crippen molar-refractivity contribution in [2.45, 2.75) is 33.1 Å². The number of carbonyl (C=O) groups excluding carboxylic acids is 4. The van der Waals surface area contributed by atoms with E-state index < -0.39 is 0 Å². The number of anilines is 2. The van der Waals surface area contributed by atoms with Crippen LogP contribution in [-0.2, 0) is 14.4 Å². The molecular weight excluding hydrogens is 456 g/mol. The third-order valence-electron chi connectivity index (χ3n) is 6.81. The van der Waals surface area contributed by atoms with Gasteiger partial charge in [0.2, 0.25) is 11.8 Å². The first kappa shape index (κ1) is 25.0. The summed E-state index contributed by atoms with van der Waals surface area (Å²) < 4.78 is 0. The molecule has 0 aliphatic carbocycles. The Labute approximate surface area is 211 Å². The van der Waals surface area contributed by atoms with Crippen molar-refractivity contribution in [3.8, 4) is 11.8 Å². The van der Waals surface area contributed by atoms with E-state index in [2.05, 4.69) is 22.5 Å². The van der Waals surface area contributed by atoms with Crippen LogP contribution in [0.5, 0.6) is 0 Å². The molecule has 1 spiro atoms. The lowest BCUT2D eigenvalue weighted by atomic mass is 9.78. The topological polar surface area (TPSA) is 98.8 Å². The molecule has 2 aliphatic heterocycles. The molecule has 0 radical (unpaired) electrons. The average Bonchev–Trinajstić information content (AvgIpc) is 3.27. The predicted molar refractivity (Wildman–Crippen MR) is 137 cm³/mol. The summed E-state index contributed by atoms with van der Waals surface area (Å²) in [6, 6.07) is 14.4. The molecule has 0 atom stereocenters. The second-order valence-corrected chi connectivity index (χ2v) is 9.51. The summed E-state index contributed by atoms with van der Waals surface area (Å²) in [5.41, 5.74) is 2.10. The summed E-state index contributed by atoms with van der Waals surface area (Å²) >= 11 is 0. The lowest BCUT2D eigenvalue weighted by molar-refractivity contribution is -0.127. The first-order valence-electron chi connectivity index (χ1n) is 12.1. The van der Waals surface area contributed by atoms with Gasteiger partial charge in [-0.3, -0.25) is 19.2 Å². The molecule has 0 unspecified atom stereocenters. The maximum atomic E-state index is 13.3. The van der Waals surface area contributed by atoms with Crippen LogP contribution in [0, 0.1) is 17.3 Å². The first-order valence-corrected chi connectivity index (χ1v) is 12.1. The van der Waals surface area contributed by atoms with Crippen LogP contribution in [0.15, 0.2) is 48.5 Å². The largest absolute Gasteiger partial charge is 0.338 e. The molecular formula is C28H30N4O4. The van der Waals surface area contributed by atoms with Gasteiger partial charge in [0.1, 0.15) is 0 Å². The summed E-state index contributed by atoms with van der Waals surface area (Å²) in [5, 5.41) is 5.36. The Balaban J connectivity index is 1.38. The van der Waals surface area contributed by atoms with E-state index in [1.165, 1.54) is 13.8 Å². The molecule has 4 amide bonds. The second-order valence-electron chi connectivity index (χ2n) is 9.51. The number of nitrogens with one attached hydrogen (secondary N) is 2. The molecule has 2 aromatic rings. The van der Waals surface area contributed by atoms with Crippen LogP contribution in [0.25, 0.3) is 0 Å². The van der Waals surface area contributed by atoms with Gasteiger partial charge in [-0.15, -0.1) is 0 Å². The van der Waals surface area contributed by atoms with Crippen LogP contribution >= 0.6 is 0 Å². The Morgan fingerprint density at radius 2 is 1.42 bits per heavy atom. The highest BCUT2D eigenvalue weighted by Gasteiger charge is 2.42. The highest BCUT2D eigenvalue weighted by atomic mass is 16.2. The van der Waals surface area contributed by atoms with Crippen molar-refractivity contribution in [1.82, 2.24) is 9.80 Å². The summed E-state index contributed by atoms with van der Waals surface area (Å²) in [4.78, 5) is 52.6. The summed E-state index contributed by atoms with van der Waals surface area (Å²) in [7, 11) is 0. The zero-order chi connectivity index (χ0) is 25.7. The molecule has 0 saturated carbocycles. The van der Waals surface area contributed by atoms with Crippen molar-refractivity contribution < 1.29 is 19.2 Å². The third-order valence-corrected chi connectivity index (χ3v) is 6.81. The van der Waals surface area contributed by atoms with Gasteiger partial charge in [-0.1, -0.05) is 24.1 Å². The van der Waals surface area contributed by atoms with E-state index in [-0.39, 0.29) is 29.0 Å². The van der Waals surface area contributed by atoms with Gasteiger partial charge in [-0.2, -0.15) is 0 Å². The molecule has 2 N–H and O–H groups in total. The van der Waals surface area contributed by atoms with Crippen LogP contribution in [0.4, 0.5) is 11.4 Å². The van der Waals surface area contributed by atoms with Gasteiger partial charge in [0.25, 0.3) is 11.8 Å². The van der Waals surface area contributed by atoms with Crippen LogP contribution < -0.4 is 10.6 Å². The smallest absolute Gasteiger partial charge is 0.298 e. The number of carbonyl (C=O) groups is 4. The number of nitrogens with zero attached hydrogens (tertiary/aromatic N) is 2. The minimum Gasteiger partial charge on any atom is -0.338 e. The van der Waals surface area contributed by atoms with Gasteiger partial charge in [-0.25, -0.2) is 0 Å². The predicted octanol–water partition coefficient (Wildman–Crippen LogP) is 3.11. The van der Waals surface area contributed by atoms with Gasteiger partial charge in [0.05, 0.1) is 11.4 Å². The van der Waals surface area contributed by atoms with Crippen LogP contribution in [0.2, 0.25) is 0 Å². The fourth-order valence-electron chi connectivity index (χ4n) is 4.88. The van der Waals surface area contributed by atoms with E-state index in [4.69, 9.17) is 0 Å². The number of piperidine rings is 1. The average molecular weight is 487 g/mol. The zero-order valence-electron chi connectivity index (χ0n) is 20.6. The molecule has 4 rings (SSSR count). The van der Waals surface area contributed by atoms with Crippen LogP contribution in [-0.4, -0.2) is 59.6 Å². The Bertz CT molecular complexity index is 1240. The van der Waals surface area contributed by atoms with Crippen molar-refractivity contribution in [3.05, 3.63) is 59.7 Å². The molecule has 2 saturated heterocycles. The van der Waals surface area contributed by atoms with Gasteiger partial charge in [0, 0.05) is 57.1 Å². The van der Waals surface area contributed by atoms with E-state index in [1.54, 1.807) is 23.1 Å². The summed E-state index contributed by atoms with van der Waals surface area (Å²) in [6.07, 6.45) is 2.54. The monoisotopic (exact) mass is 486 g/mol. The van der Waals surface area contributed by atoms with E-state index in [1.807, 2.05) is 35.2 Å². The zero-order valence-corrected chi connectivity index (χ0v) is 20.6. The molecule has 0 bridgehead atoms. The minimum absolute atomic E-state index is 0.00408. The molecule has 0 aromatic heterocycles. The normalized spacial score (nSPS) is 16.2. The van der Waals surface area contributed by atoms with Gasteiger partial charge < -0.3 is 20.4 Å². The number of hydrogen-bond acceptors (Lipinski definition) is 4. The van der Waals surface area contributed by atoms with Crippen LogP contribution in [0.1, 0.15) is 49.0 Å². The lowest BCUT2D eigenvalue weighted by Gasteiger charge is -2.38. The van der Waals surface area contributed by atoms with Gasteiger partial charge >= 0.3 is 0 Å². The van der Waals surface area contributed by atoms with Crippen LogP contribution in [0.3, 0.4) is 0 Å². The number of hydrogen-bond donors (Lipinski definition) is 2. The fourth-order valence-corrected chi connectivity index (χ4v) is 4.88. The second kappa shape index (κ2) is 10.6. The molecule has 8 heteroatoms. The molecule has 2 fully saturated rings. The van der Waals surface area contributed by atoms with Crippen molar-refractivity contribution in [2.24, 2.45) is 5.41 Å². The number of rotatable bonds is 3. The van der Waals surface area contributed by atoms with Gasteiger partial charge in [0.15, 0.2) is 0 Å². The van der Waals surface area contributed by atoms with Crippen molar-refractivity contribution in [1.29, 1.82) is 0 Å². The SMILES string of the molecule is CC(=O)Nc1ccc(C(=O)N2CCC3(CCN(C(=O)C#Cc4ccccc4)CC3)C2)cc1NC(C)=O. The van der Waals surface area contributed by atoms with Crippen molar-refractivity contribution >= 4 is 35.0 Å². The highest BCUT2D eigenvalue weighted by Crippen LogP contribution is 2.41. The van der Waals surface area contributed by atoms with E-state index in [9.17, 15) is 19.2 Å². The standard InChI is InChI=1S/C28H30N4O4/c1-20(33)29-24-10-9-23(18-25(24)30-21(2)34)27(36)32-17-14-28(19-32)12-15-31(16-13-28)26(35)11-8-22-6-4-3-5-7-22/h3-7,9-10,18H,12-17,19H2,1-2H3,(H,29,33)(H,30,34). The third kappa shape index (κ3) is 5.92. The quantitative estimate of drug-likeness (QED) is 0.652. The number of amides is 4. The minimum atomic E-state index is -0.291. The van der Waals surface area contributed by atoms with E-state index in [0.29, 0.717) is 43.1 Å². The Hall–Kier alpha value is -4.12. The maximum Gasteiger partial charge on any atom is 0.298 e. The first-order chi connectivity index (χ1) is 17.2. The van der Waals surface area contributed by atoms with E-state index in [0.717, 1.165) is 24.8 Å². The molecule has 186 valence electrons. The van der Waals surface area contributed by atoms with Crippen molar-refractivity contribution in [2.75, 3.05) is 36.8 Å². The molecule has 2 aliphatic rings.